The SMILES string of the molecule is CC(NC(=O)C(F)(F)C(F)F)c1ccc(C(F)(F)F)cc1. The number of carbonyl (C=O) groups is 1. The topological polar surface area (TPSA) is 29.1 Å². The maximum Gasteiger partial charge on any atom is 0.416 e. The molecule has 0 aromatic heterocycles. The van der Waals surface area contributed by atoms with Gasteiger partial charge in [-0.05, 0) is 24.6 Å². The molecule has 0 radical (unpaired) electrons. The number of carbonyl (C=O) groups excluding carboxylic acids is 1. The van der Waals surface area contributed by atoms with E-state index < -0.39 is 36.0 Å². The first-order chi connectivity index (χ1) is 9.46. The lowest BCUT2D eigenvalue weighted by atomic mass is 10.1. The van der Waals surface area contributed by atoms with Crippen LogP contribution in [0.5, 0.6) is 0 Å². The van der Waals surface area contributed by atoms with Crippen LogP contribution in [0.1, 0.15) is 24.1 Å². The van der Waals surface area contributed by atoms with E-state index in [-0.39, 0.29) is 5.56 Å². The molecule has 0 saturated carbocycles. The second-order valence-corrected chi connectivity index (χ2v) is 4.24. The van der Waals surface area contributed by atoms with Crippen LogP contribution in [0, 0.1) is 0 Å². The fraction of sp³-hybridized carbons (Fsp3) is 0.417. The van der Waals surface area contributed by atoms with Crippen molar-refractivity contribution in [2.75, 3.05) is 0 Å². The summed E-state index contributed by atoms with van der Waals surface area (Å²) in [6, 6.07) is 2.18. The standard InChI is InChI=1S/C12H10F7NO/c1-6(20-10(21)11(15,16)9(13)14)7-2-4-8(5-3-7)12(17,18)19/h2-6,9H,1H3,(H,20,21). The third-order valence-electron chi connectivity index (χ3n) is 2.66. The molecule has 1 aromatic rings. The molecule has 0 spiro atoms. The van der Waals surface area contributed by atoms with Gasteiger partial charge in [-0.25, -0.2) is 8.78 Å². The Balaban J connectivity index is 2.81. The largest absolute Gasteiger partial charge is 0.416 e. The van der Waals surface area contributed by atoms with Gasteiger partial charge in [0, 0.05) is 0 Å². The minimum absolute atomic E-state index is 0.0708. The summed E-state index contributed by atoms with van der Waals surface area (Å²) < 4.78 is 86.4. The summed E-state index contributed by atoms with van der Waals surface area (Å²) in [5.74, 6) is -7.05. The summed E-state index contributed by atoms with van der Waals surface area (Å²) in [6.07, 6.45) is -8.73. The number of hydrogen-bond acceptors (Lipinski definition) is 1. The van der Waals surface area contributed by atoms with Gasteiger partial charge < -0.3 is 5.32 Å². The summed E-state index contributed by atoms with van der Waals surface area (Å²) in [5.41, 5.74) is -0.885. The molecule has 2 nitrogen and oxygen atoms in total. The summed E-state index contributed by atoms with van der Waals surface area (Å²) >= 11 is 0. The average molecular weight is 317 g/mol. The predicted molar refractivity (Wildman–Crippen MR) is 59.0 cm³/mol. The Bertz CT molecular complexity index is 495. The highest BCUT2D eigenvalue weighted by Crippen LogP contribution is 2.30. The van der Waals surface area contributed by atoms with Crippen molar-refractivity contribution in [3.63, 3.8) is 0 Å². The fourth-order valence-corrected chi connectivity index (χ4v) is 1.44. The van der Waals surface area contributed by atoms with E-state index >= 15 is 0 Å². The van der Waals surface area contributed by atoms with E-state index in [4.69, 9.17) is 0 Å². The molecule has 0 aliphatic heterocycles. The van der Waals surface area contributed by atoms with Crippen LogP contribution in [0.15, 0.2) is 24.3 Å². The van der Waals surface area contributed by atoms with E-state index in [2.05, 4.69) is 0 Å². The molecule has 1 N–H and O–H groups in total. The van der Waals surface area contributed by atoms with Crippen LogP contribution in [0.2, 0.25) is 0 Å². The Morgan fingerprint density at radius 2 is 1.52 bits per heavy atom. The van der Waals surface area contributed by atoms with Crippen molar-refractivity contribution in [2.45, 2.75) is 31.5 Å². The lowest BCUT2D eigenvalue weighted by Crippen LogP contribution is -2.45. The van der Waals surface area contributed by atoms with Crippen molar-refractivity contribution in [1.82, 2.24) is 5.32 Å². The smallest absolute Gasteiger partial charge is 0.344 e. The Morgan fingerprint density at radius 1 is 1.05 bits per heavy atom. The molecule has 1 amide bonds. The van der Waals surface area contributed by atoms with Crippen LogP contribution < -0.4 is 5.32 Å². The molecule has 1 rings (SSSR count). The van der Waals surface area contributed by atoms with Gasteiger partial charge in [0.25, 0.3) is 5.91 Å². The van der Waals surface area contributed by atoms with Gasteiger partial charge in [-0.3, -0.25) is 4.79 Å². The number of alkyl halides is 7. The van der Waals surface area contributed by atoms with Crippen LogP contribution in [0.4, 0.5) is 30.7 Å². The van der Waals surface area contributed by atoms with Gasteiger partial charge in [0.15, 0.2) is 0 Å². The third kappa shape index (κ3) is 4.08. The predicted octanol–water partition coefficient (Wildman–Crippen LogP) is 3.78. The molecule has 1 atom stereocenters. The van der Waals surface area contributed by atoms with E-state index in [9.17, 15) is 35.5 Å². The van der Waals surface area contributed by atoms with Crippen LogP contribution >= 0.6 is 0 Å². The Morgan fingerprint density at radius 3 is 1.90 bits per heavy atom. The van der Waals surface area contributed by atoms with Crippen molar-refractivity contribution >= 4 is 5.91 Å². The number of halogens is 7. The maximum atomic E-state index is 12.7. The second-order valence-electron chi connectivity index (χ2n) is 4.24. The van der Waals surface area contributed by atoms with Gasteiger partial charge in [-0.15, -0.1) is 0 Å². The molecule has 9 heteroatoms. The van der Waals surface area contributed by atoms with Crippen LogP contribution in [0.3, 0.4) is 0 Å². The molecule has 0 saturated heterocycles. The van der Waals surface area contributed by atoms with E-state index in [1.807, 2.05) is 0 Å². The Labute approximate surface area is 114 Å². The van der Waals surface area contributed by atoms with Gasteiger partial charge in [0.2, 0.25) is 0 Å². The van der Waals surface area contributed by atoms with Crippen LogP contribution in [-0.2, 0) is 11.0 Å². The third-order valence-corrected chi connectivity index (χ3v) is 2.66. The second kappa shape index (κ2) is 5.90. The Kier molecular flexibility index (Phi) is 4.85. The number of hydrogen-bond donors (Lipinski definition) is 1. The number of rotatable bonds is 4. The minimum Gasteiger partial charge on any atom is -0.344 e. The van der Waals surface area contributed by atoms with Crippen LogP contribution in [-0.4, -0.2) is 18.3 Å². The van der Waals surface area contributed by atoms with E-state index in [1.165, 1.54) is 6.92 Å². The molecule has 0 bridgehead atoms. The lowest BCUT2D eigenvalue weighted by Gasteiger charge is -2.19. The fourth-order valence-electron chi connectivity index (χ4n) is 1.44. The van der Waals surface area contributed by atoms with Crippen molar-refractivity contribution in [3.8, 4) is 0 Å². The van der Waals surface area contributed by atoms with Crippen molar-refractivity contribution in [2.24, 2.45) is 0 Å². The van der Waals surface area contributed by atoms with E-state index in [0.29, 0.717) is 12.1 Å². The molecule has 0 aliphatic carbocycles. The van der Waals surface area contributed by atoms with E-state index in [1.54, 1.807) is 5.32 Å². The molecule has 21 heavy (non-hydrogen) atoms. The zero-order valence-corrected chi connectivity index (χ0v) is 10.5. The highest BCUT2D eigenvalue weighted by molar-refractivity contribution is 5.84. The summed E-state index contributed by atoms with van der Waals surface area (Å²) in [5, 5.41) is 1.63. The molecular formula is C12H10F7NO. The first kappa shape index (κ1) is 17.3. The molecule has 118 valence electrons. The summed E-state index contributed by atoms with van der Waals surface area (Å²) in [6.45, 7) is 1.18. The molecule has 0 aliphatic rings. The van der Waals surface area contributed by atoms with Gasteiger partial charge in [-0.1, -0.05) is 12.1 Å². The summed E-state index contributed by atoms with van der Waals surface area (Å²) in [4.78, 5) is 11.0. The molecular weight excluding hydrogens is 307 g/mol. The number of benzene rings is 1. The maximum absolute atomic E-state index is 12.7. The lowest BCUT2D eigenvalue weighted by molar-refractivity contribution is -0.170. The van der Waals surface area contributed by atoms with Crippen LogP contribution in [0.25, 0.3) is 0 Å². The Hall–Kier alpha value is -1.80. The zero-order chi connectivity index (χ0) is 16.4. The highest BCUT2D eigenvalue weighted by Gasteiger charge is 2.49. The van der Waals surface area contributed by atoms with Gasteiger partial charge in [0.1, 0.15) is 0 Å². The normalized spacial score (nSPS) is 14.1. The van der Waals surface area contributed by atoms with E-state index in [0.717, 1.165) is 12.1 Å². The number of nitrogens with one attached hydrogen (secondary N) is 1. The zero-order valence-electron chi connectivity index (χ0n) is 10.5. The van der Waals surface area contributed by atoms with Crippen molar-refractivity contribution in [1.29, 1.82) is 0 Å². The monoisotopic (exact) mass is 317 g/mol. The number of amides is 1. The van der Waals surface area contributed by atoms with Gasteiger partial charge in [0.05, 0.1) is 11.6 Å². The molecule has 0 heterocycles. The molecule has 0 fully saturated rings. The molecule has 1 aromatic carbocycles. The van der Waals surface area contributed by atoms with Gasteiger partial charge >= 0.3 is 18.5 Å². The average Bonchev–Trinajstić information content (AvgIpc) is 2.37. The van der Waals surface area contributed by atoms with Crippen molar-refractivity contribution < 1.29 is 35.5 Å². The first-order valence-corrected chi connectivity index (χ1v) is 5.60. The first-order valence-electron chi connectivity index (χ1n) is 5.60. The minimum atomic E-state index is -4.86. The van der Waals surface area contributed by atoms with Gasteiger partial charge in [-0.2, -0.15) is 22.0 Å². The quantitative estimate of drug-likeness (QED) is 0.841. The summed E-state index contributed by atoms with van der Waals surface area (Å²) in [7, 11) is 0. The highest BCUT2D eigenvalue weighted by atomic mass is 19.4. The molecule has 1 unspecified atom stereocenters. The van der Waals surface area contributed by atoms with Crippen molar-refractivity contribution in [3.05, 3.63) is 35.4 Å².